The number of rotatable bonds is 10. The predicted molar refractivity (Wildman–Crippen MR) is 83.4 cm³/mol. The molecule has 0 unspecified atom stereocenters. The number of hydrogen-bond acceptors (Lipinski definition) is 5. The minimum Gasteiger partial charge on any atom is -0.493 e. The Hall–Kier alpha value is -1.72. The molecule has 0 fully saturated rings. The first-order valence-corrected chi connectivity index (χ1v) is 6.84. The van der Waals surface area contributed by atoms with Crippen LogP contribution in [0.15, 0.2) is 24.3 Å². The molecular weight excluding hydrogens is 270 g/mol. The van der Waals surface area contributed by atoms with Crippen LogP contribution in [0.4, 0.5) is 0 Å². The molecule has 0 bridgehead atoms. The lowest BCUT2D eigenvalue weighted by atomic mass is 10.2. The quantitative estimate of drug-likeness (QED) is 0.530. The van der Waals surface area contributed by atoms with Crippen molar-refractivity contribution in [2.24, 2.45) is 0 Å². The Balaban J connectivity index is 2.53. The van der Waals surface area contributed by atoms with Crippen LogP contribution in [0, 0.1) is 0 Å². The van der Waals surface area contributed by atoms with E-state index in [4.69, 9.17) is 18.9 Å². The van der Waals surface area contributed by atoms with E-state index in [-0.39, 0.29) is 0 Å². The van der Waals surface area contributed by atoms with Crippen molar-refractivity contribution in [2.75, 3.05) is 41.1 Å². The second-order valence-electron chi connectivity index (χ2n) is 4.72. The van der Waals surface area contributed by atoms with E-state index >= 15 is 0 Å². The Kier molecular flexibility index (Phi) is 7.64. The summed E-state index contributed by atoms with van der Waals surface area (Å²) in [5.41, 5.74) is 2.09. The largest absolute Gasteiger partial charge is 0.493 e. The molecule has 0 aliphatic carbocycles. The van der Waals surface area contributed by atoms with Crippen LogP contribution >= 0.6 is 0 Å². The monoisotopic (exact) mass is 295 g/mol. The van der Waals surface area contributed by atoms with Gasteiger partial charge in [0, 0.05) is 13.1 Å². The molecule has 5 heteroatoms. The minimum absolute atomic E-state index is 0.603. The van der Waals surface area contributed by atoms with Crippen LogP contribution in [0.1, 0.15) is 12.5 Å². The summed E-state index contributed by atoms with van der Waals surface area (Å²) in [6, 6.07) is 3.87. The lowest BCUT2D eigenvalue weighted by Gasteiger charge is -2.14. The molecule has 21 heavy (non-hydrogen) atoms. The second kappa shape index (κ2) is 9.26. The van der Waals surface area contributed by atoms with Crippen molar-refractivity contribution in [3.63, 3.8) is 0 Å². The van der Waals surface area contributed by atoms with Gasteiger partial charge in [-0.2, -0.15) is 0 Å². The lowest BCUT2D eigenvalue weighted by Crippen LogP contribution is -2.19. The summed E-state index contributed by atoms with van der Waals surface area (Å²) < 4.78 is 21.4. The van der Waals surface area contributed by atoms with Gasteiger partial charge in [-0.05, 0) is 24.6 Å². The minimum atomic E-state index is 0.603. The first-order valence-electron chi connectivity index (χ1n) is 6.84. The zero-order valence-corrected chi connectivity index (χ0v) is 13.3. The summed E-state index contributed by atoms with van der Waals surface area (Å²) in [7, 11) is 4.82. The van der Waals surface area contributed by atoms with Crippen LogP contribution in [-0.4, -0.2) is 41.1 Å². The highest BCUT2D eigenvalue weighted by molar-refractivity contribution is 5.53. The highest BCUT2D eigenvalue weighted by atomic mass is 16.5. The van der Waals surface area contributed by atoms with E-state index in [1.807, 2.05) is 19.1 Å². The highest BCUT2D eigenvalue weighted by Gasteiger charge is 2.12. The van der Waals surface area contributed by atoms with Crippen LogP contribution in [-0.2, 0) is 11.3 Å². The zero-order chi connectivity index (χ0) is 15.7. The van der Waals surface area contributed by atoms with Gasteiger partial charge in [0.25, 0.3) is 0 Å². The second-order valence-corrected chi connectivity index (χ2v) is 4.72. The van der Waals surface area contributed by atoms with Gasteiger partial charge in [-0.15, -0.1) is 0 Å². The number of ether oxygens (including phenoxy) is 4. The Bertz CT molecular complexity index is 435. The molecule has 1 aromatic rings. The molecule has 5 nitrogen and oxygen atoms in total. The third kappa shape index (κ3) is 5.65. The summed E-state index contributed by atoms with van der Waals surface area (Å²) in [6.45, 7) is 8.46. The average molecular weight is 295 g/mol. The van der Waals surface area contributed by atoms with Gasteiger partial charge in [0.1, 0.15) is 0 Å². The van der Waals surface area contributed by atoms with Gasteiger partial charge in [0.05, 0.1) is 34.5 Å². The normalized spacial score (nSPS) is 10.3. The SMILES string of the molecule is C=C(C)COCCNCc1cc(OC)c(OC)c(OC)c1. The standard InChI is InChI=1S/C16H25NO4/c1-12(2)11-21-7-6-17-10-13-8-14(18-3)16(20-5)15(9-13)19-4/h8-9,17H,1,6-7,10-11H2,2-5H3. The average Bonchev–Trinajstić information content (AvgIpc) is 2.49. The maximum absolute atomic E-state index is 5.43. The van der Waals surface area contributed by atoms with Crippen molar-refractivity contribution >= 4 is 0 Å². The van der Waals surface area contributed by atoms with Crippen LogP contribution in [0.25, 0.3) is 0 Å². The molecule has 0 aliphatic heterocycles. The molecular formula is C16H25NO4. The van der Waals surface area contributed by atoms with E-state index in [2.05, 4.69) is 11.9 Å². The maximum atomic E-state index is 5.43. The van der Waals surface area contributed by atoms with Crippen LogP contribution in [0.2, 0.25) is 0 Å². The van der Waals surface area contributed by atoms with E-state index in [9.17, 15) is 0 Å². The Morgan fingerprint density at radius 1 is 1.10 bits per heavy atom. The van der Waals surface area contributed by atoms with Crippen LogP contribution in [0.3, 0.4) is 0 Å². The van der Waals surface area contributed by atoms with Gasteiger partial charge in [-0.1, -0.05) is 12.2 Å². The van der Waals surface area contributed by atoms with Crippen molar-refractivity contribution in [2.45, 2.75) is 13.5 Å². The fourth-order valence-electron chi connectivity index (χ4n) is 1.86. The van der Waals surface area contributed by atoms with Crippen molar-refractivity contribution in [1.82, 2.24) is 5.32 Å². The molecule has 0 spiro atoms. The maximum Gasteiger partial charge on any atom is 0.203 e. The van der Waals surface area contributed by atoms with E-state index in [1.54, 1.807) is 21.3 Å². The molecule has 118 valence electrons. The summed E-state index contributed by atoms with van der Waals surface area (Å²) in [5.74, 6) is 1.92. The molecule has 1 aromatic carbocycles. The zero-order valence-electron chi connectivity index (χ0n) is 13.3. The van der Waals surface area contributed by atoms with Crippen molar-refractivity contribution in [3.05, 3.63) is 29.8 Å². The van der Waals surface area contributed by atoms with Crippen molar-refractivity contribution in [3.8, 4) is 17.2 Å². The van der Waals surface area contributed by atoms with Crippen LogP contribution in [0.5, 0.6) is 17.2 Å². The van der Waals surface area contributed by atoms with Gasteiger partial charge in [-0.25, -0.2) is 0 Å². The van der Waals surface area contributed by atoms with Crippen LogP contribution < -0.4 is 19.5 Å². The van der Waals surface area contributed by atoms with E-state index in [0.29, 0.717) is 37.0 Å². The third-order valence-electron chi connectivity index (χ3n) is 2.83. The summed E-state index contributed by atoms with van der Waals surface area (Å²) >= 11 is 0. The van der Waals surface area contributed by atoms with Crippen molar-refractivity contribution < 1.29 is 18.9 Å². The summed E-state index contributed by atoms with van der Waals surface area (Å²) in [4.78, 5) is 0. The first kappa shape index (κ1) is 17.3. The number of nitrogens with one attached hydrogen (secondary N) is 1. The summed E-state index contributed by atoms with van der Waals surface area (Å²) in [6.07, 6.45) is 0. The van der Waals surface area contributed by atoms with Gasteiger partial charge < -0.3 is 24.3 Å². The van der Waals surface area contributed by atoms with E-state index < -0.39 is 0 Å². The predicted octanol–water partition coefficient (Wildman–Crippen LogP) is 2.39. The Morgan fingerprint density at radius 3 is 2.19 bits per heavy atom. The van der Waals surface area contributed by atoms with Gasteiger partial charge in [0.15, 0.2) is 11.5 Å². The smallest absolute Gasteiger partial charge is 0.203 e. The van der Waals surface area contributed by atoms with Gasteiger partial charge in [-0.3, -0.25) is 0 Å². The molecule has 0 saturated heterocycles. The molecule has 1 rings (SSSR count). The van der Waals surface area contributed by atoms with Gasteiger partial charge in [0.2, 0.25) is 5.75 Å². The van der Waals surface area contributed by atoms with Crippen molar-refractivity contribution in [1.29, 1.82) is 0 Å². The third-order valence-corrected chi connectivity index (χ3v) is 2.83. The summed E-state index contributed by atoms with van der Waals surface area (Å²) in [5, 5.41) is 3.31. The first-order chi connectivity index (χ1) is 10.1. The molecule has 0 aromatic heterocycles. The topological polar surface area (TPSA) is 49.0 Å². The Labute approximate surface area is 126 Å². The molecule has 0 aliphatic rings. The lowest BCUT2D eigenvalue weighted by molar-refractivity contribution is 0.157. The number of benzene rings is 1. The van der Waals surface area contributed by atoms with E-state index in [0.717, 1.165) is 17.7 Å². The fourth-order valence-corrected chi connectivity index (χ4v) is 1.86. The molecule has 0 saturated carbocycles. The Morgan fingerprint density at radius 2 is 1.71 bits per heavy atom. The molecule has 0 atom stereocenters. The van der Waals surface area contributed by atoms with E-state index in [1.165, 1.54) is 0 Å². The molecule has 1 N–H and O–H groups in total. The van der Waals surface area contributed by atoms with Gasteiger partial charge >= 0.3 is 0 Å². The number of hydrogen-bond donors (Lipinski definition) is 1. The molecule has 0 amide bonds. The molecule has 0 heterocycles. The fraction of sp³-hybridized carbons (Fsp3) is 0.500. The highest BCUT2D eigenvalue weighted by Crippen LogP contribution is 2.38. The molecule has 0 radical (unpaired) electrons. The number of methoxy groups -OCH3 is 3.